The van der Waals surface area contributed by atoms with Crippen LogP contribution in [0.15, 0.2) is 24.8 Å². The highest BCUT2D eigenvalue weighted by molar-refractivity contribution is 5.84. The topological polar surface area (TPSA) is 68.0 Å². The SMILES string of the molecule is Cc1cc(CN2CCC(C(=O)NCC(F)(F)F)(n3ccnc3)CC2)n(C)n1. The van der Waals surface area contributed by atoms with Crippen LogP contribution in [-0.4, -0.2) is 55.9 Å². The number of nitrogens with zero attached hydrogens (tertiary/aromatic N) is 5. The number of nitrogens with one attached hydrogen (secondary N) is 1. The summed E-state index contributed by atoms with van der Waals surface area (Å²) in [5, 5.41) is 6.38. The summed E-state index contributed by atoms with van der Waals surface area (Å²) in [5.41, 5.74) is 0.939. The van der Waals surface area contributed by atoms with Gasteiger partial charge in [0, 0.05) is 39.1 Å². The Balaban J connectivity index is 1.71. The summed E-state index contributed by atoms with van der Waals surface area (Å²) < 4.78 is 41.1. The molecule has 1 N–H and O–H groups in total. The number of imidazole rings is 1. The van der Waals surface area contributed by atoms with Crippen LogP contribution < -0.4 is 5.32 Å². The maximum atomic E-state index is 12.7. The lowest BCUT2D eigenvalue weighted by Crippen LogP contribution is -2.55. The fourth-order valence-corrected chi connectivity index (χ4v) is 3.58. The molecule has 1 saturated heterocycles. The van der Waals surface area contributed by atoms with E-state index in [0.717, 1.165) is 11.4 Å². The molecule has 10 heteroatoms. The van der Waals surface area contributed by atoms with Crippen LogP contribution in [0.1, 0.15) is 24.2 Å². The van der Waals surface area contributed by atoms with E-state index in [0.29, 0.717) is 32.5 Å². The van der Waals surface area contributed by atoms with Gasteiger partial charge in [0.2, 0.25) is 5.91 Å². The van der Waals surface area contributed by atoms with Crippen molar-refractivity contribution in [1.82, 2.24) is 29.5 Å². The number of hydrogen-bond acceptors (Lipinski definition) is 4. The maximum absolute atomic E-state index is 12.7. The van der Waals surface area contributed by atoms with Gasteiger partial charge in [-0.1, -0.05) is 0 Å². The van der Waals surface area contributed by atoms with E-state index in [-0.39, 0.29) is 0 Å². The quantitative estimate of drug-likeness (QED) is 0.850. The standard InChI is InChI=1S/C17H23F3N6O/c1-13-9-14(24(2)23-13)10-25-6-3-16(4-7-25,26-8-5-21-12-26)15(27)22-11-17(18,19)20/h5,8-9,12H,3-4,6-7,10-11H2,1-2H3,(H,22,27). The second-order valence-corrected chi connectivity index (χ2v) is 6.98. The Morgan fingerprint density at radius 3 is 2.56 bits per heavy atom. The van der Waals surface area contributed by atoms with Gasteiger partial charge in [-0.2, -0.15) is 18.3 Å². The van der Waals surface area contributed by atoms with Crippen LogP contribution in [-0.2, 0) is 23.9 Å². The number of carbonyl (C=O) groups is 1. The Bertz CT molecular complexity index is 775. The molecule has 0 aromatic carbocycles. The van der Waals surface area contributed by atoms with E-state index < -0.39 is 24.2 Å². The first-order chi connectivity index (χ1) is 12.7. The van der Waals surface area contributed by atoms with Gasteiger partial charge < -0.3 is 9.88 Å². The van der Waals surface area contributed by atoms with E-state index in [1.807, 2.05) is 24.7 Å². The first-order valence-corrected chi connectivity index (χ1v) is 8.75. The highest BCUT2D eigenvalue weighted by atomic mass is 19.4. The van der Waals surface area contributed by atoms with Gasteiger partial charge in [0.1, 0.15) is 12.1 Å². The summed E-state index contributed by atoms with van der Waals surface area (Å²) in [7, 11) is 1.88. The van der Waals surface area contributed by atoms with Gasteiger partial charge in [-0.05, 0) is 25.8 Å². The van der Waals surface area contributed by atoms with Crippen molar-refractivity contribution in [3.8, 4) is 0 Å². The van der Waals surface area contributed by atoms with Gasteiger partial charge in [-0.3, -0.25) is 14.4 Å². The van der Waals surface area contributed by atoms with Crippen LogP contribution in [0.5, 0.6) is 0 Å². The fraction of sp³-hybridized carbons (Fsp3) is 0.588. The lowest BCUT2D eigenvalue weighted by molar-refractivity contribution is -0.145. The molecule has 0 aliphatic carbocycles. The number of likely N-dealkylation sites (tertiary alicyclic amines) is 1. The molecule has 148 valence electrons. The molecule has 0 bridgehead atoms. The molecule has 0 atom stereocenters. The van der Waals surface area contributed by atoms with E-state index in [1.165, 1.54) is 12.5 Å². The summed E-state index contributed by atoms with van der Waals surface area (Å²) in [6.45, 7) is 2.44. The van der Waals surface area contributed by atoms with Gasteiger partial charge in [0.05, 0.1) is 17.7 Å². The van der Waals surface area contributed by atoms with Crippen molar-refractivity contribution in [3.63, 3.8) is 0 Å². The predicted octanol–water partition coefficient (Wildman–Crippen LogP) is 1.59. The van der Waals surface area contributed by atoms with Crippen molar-refractivity contribution in [3.05, 3.63) is 36.2 Å². The number of rotatable bonds is 5. The summed E-state index contributed by atoms with van der Waals surface area (Å²) >= 11 is 0. The molecule has 3 rings (SSSR count). The first-order valence-electron chi connectivity index (χ1n) is 8.75. The Labute approximate surface area is 155 Å². The summed E-state index contributed by atoms with van der Waals surface area (Å²) in [6.07, 6.45) is 1.03. The number of hydrogen-bond donors (Lipinski definition) is 1. The van der Waals surface area contributed by atoms with E-state index in [2.05, 4.69) is 20.3 Å². The smallest absolute Gasteiger partial charge is 0.345 e. The lowest BCUT2D eigenvalue weighted by Gasteiger charge is -2.41. The molecule has 1 amide bonds. The van der Waals surface area contributed by atoms with Crippen molar-refractivity contribution in [2.75, 3.05) is 19.6 Å². The summed E-state index contributed by atoms with van der Waals surface area (Å²) in [5.74, 6) is -0.617. The summed E-state index contributed by atoms with van der Waals surface area (Å²) in [4.78, 5) is 18.8. The molecule has 7 nitrogen and oxygen atoms in total. The average molecular weight is 384 g/mol. The largest absolute Gasteiger partial charge is 0.405 e. The molecule has 0 radical (unpaired) electrons. The first kappa shape index (κ1) is 19.4. The maximum Gasteiger partial charge on any atom is 0.405 e. The third-order valence-electron chi connectivity index (χ3n) is 5.04. The van der Waals surface area contributed by atoms with Crippen LogP contribution >= 0.6 is 0 Å². The van der Waals surface area contributed by atoms with E-state index in [1.54, 1.807) is 10.8 Å². The molecule has 1 fully saturated rings. The van der Waals surface area contributed by atoms with Crippen LogP contribution in [0, 0.1) is 6.92 Å². The molecule has 1 aliphatic heterocycles. The van der Waals surface area contributed by atoms with Crippen LogP contribution in [0.4, 0.5) is 13.2 Å². The Morgan fingerprint density at radius 1 is 1.33 bits per heavy atom. The van der Waals surface area contributed by atoms with Crippen LogP contribution in [0.2, 0.25) is 0 Å². The Kier molecular flexibility index (Phi) is 5.27. The van der Waals surface area contributed by atoms with Gasteiger partial charge in [-0.25, -0.2) is 4.98 Å². The third-order valence-corrected chi connectivity index (χ3v) is 5.04. The second-order valence-electron chi connectivity index (χ2n) is 6.98. The number of amides is 1. The van der Waals surface area contributed by atoms with Gasteiger partial charge in [0.25, 0.3) is 0 Å². The zero-order valence-corrected chi connectivity index (χ0v) is 15.3. The van der Waals surface area contributed by atoms with Crippen molar-refractivity contribution < 1.29 is 18.0 Å². The Morgan fingerprint density at radius 2 is 2.04 bits per heavy atom. The zero-order chi connectivity index (χ0) is 19.7. The van der Waals surface area contributed by atoms with Crippen molar-refractivity contribution in [1.29, 1.82) is 0 Å². The number of alkyl halides is 3. The minimum absolute atomic E-state index is 0.407. The summed E-state index contributed by atoms with van der Waals surface area (Å²) in [6, 6.07) is 2.01. The number of halogens is 3. The van der Waals surface area contributed by atoms with Crippen molar-refractivity contribution >= 4 is 5.91 Å². The molecule has 1 aliphatic rings. The molecular formula is C17H23F3N6O. The molecule has 0 saturated carbocycles. The van der Waals surface area contributed by atoms with Crippen molar-refractivity contribution in [2.45, 2.75) is 38.0 Å². The monoisotopic (exact) mass is 384 g/mol. The molecule has 27 heavy (non-hydrogen) atoms. The van der Waals surface area contributed by atoms with Gasteiger partial charge in [0.15, 0.2) is 0 Å². The molecule has 0 spiro atoms. The van der Waals surface area contributed by atoms with Crippen molar-refractivity contribution in [2.24, 2.45) is 7.05 Å². The minimum Gasteiger partial charge on any atom is -0.345 e. The fourth-order valence-electron chi connectivity index (χ4n) is 3.58. The van der Waals surface area contributed by atoms with Gasteiger partial charge in [-0.15, -0.1) is 0 Å². The van der Waals surface area contributed by atoms with E-state index >= 15 is 0 Å². The molecule has 0 unspecified atom stereocenters. The zero-order valence-electron chi connectivity index (χ0n) is 15.3. The normalized spacial score (nSPS) is 17.8. The van der Waals surface area contributed by atoms with E-state index in [4.69, 9.17) is 0 Å². The highest BCUT2D eigenvalue weighted by Gasteiger charge is 2.44. The third kappa shape index (κ3) is 4.32. The number of aryl methyl sites for hydroxylation is 2. The molecular weight excluding hydrogens is 361 g/mol. The Hall–Kier alpha value is -2.36. The molecule has 2 aromatic rings. The number of piperidine rings is 1. The molecule has 2 aromatic heterocycles. The van der Waals surface area contributed by atoms with Crippen LogP contribution in [0.3, 0.4) is 0 Å². The van der Waals surface area contributed by atoms with Gasteiger partial charge >= 0.3 is 6.18 Å². The van der Waals surface area contributed by atoms with E-state index in [9.17, 15) is 18.0 Å². The minimum atomic E-state index is -4.44. The predicted molar refractivity (Wildman–Crippen MR) is 91.7 cm³/mol. The highest BCUT2D eigenvalue weighted by Crippen LogP contribution is 2.31. The lowest BCUT2D eigenvalue weighted by atomic mass is 9.86. The average Bonchev–Trinajstić information content (AvgIpc) is 3.23. The number of aromatic nitrogens is 4. The molecule has 3 heterocycles. The number of carbonyl (C=O) groups excluding carboxylic acids is 1. The second kappa shape index (κ2) is 7.34. The van der Waals surface area contributed by atoms with Crippen LogP contribution in [0.25, 0.3) is 0 Å².